The van der Waals surface area contributed by atoms with E-state index in [9.17, 15) is 0 Å². The minimum Gasteiger partial charge on any atom is -0.466 e. The number of fused-ring (bicyclic) bond motifs is 1. The SMILES string of the molecule is Cc1ccnc([C@@H]2CN(C)Cc3ccc(Cl)nc3O2)c1. The Labute approximate surface area is 123 Å². The Morgan fingerprint density at radius 2 is 2.20 bits per heavy atom. The smallest absolute Gasteiger partial charge is 0.220 e. The molecule has 0 bridgehead atoms. The lowest BCUT2D eigenvalue weighted by Gasteiger charge is -2.19. The van der Waals surface area contributed by atoms with Gasteiger partial charge in [0.15, 0.2) is 6.10 Å². The fourth-order valence-corrected chi connectivity index (χ4v) is 2.51. The summed E-state index contributed by atoms with van der Waals surface area (Å²) in [4.78, 5) is 10.9. The number of halogens is 1. The molecule has 1 aliphatic heterocycles. The molecule has 0 saturated heterocycles. The Hall–Kier alpha value is -1.65. The molecule has 2 aromatic rings. The van der Waals surface area contributed by atoms with Crippen LogP contribution in [0.25, 0.3) is 0 Å². The van der Waals surface area contributed by atoms with Gasteiger partial charge in [-0.1, -0.05) is 11.6 Å². The van der Waals surface area contributed by atoms with Crippen LogP contribution in [0.1, 0.15) is 22.9 Å². The number of hydrogen-bond acceptors (Lipinski definition) is 4. The van der Waals surface area contributed by atoms with Crippen LogP contribution in [-0.2, 0) is 6.54 Å². The molecule has 4 nitrogen and oxygen atoms in total. The van der Waals surface area contributed by atoms with Gasteiger partial charge in [0.2, 0.25) is 5.88 Å². The Kier molecular flexibility index (Phi) is 3.59. The first kappa shape index (κ1) is 13.3. The number of aromatic nitrogens is 2. The summed E-state index contributed by atoms with van der Waals surface area (Å²) >= 11 is 5.96. The standard InChI is InChI=1S/C15H16ClN3O/c1-10-5-6-17-12(7-10)13-9-19(2)8-11-3-4-14(16)18-15(11)20-13/h3-7,13H,8-9H2,1-2H3/t13-/m0/s1. The topological polar surface area (TPSA) is 38.2 Å². The molecule has 5 heteroatoms. The zero-order valence-electron chi connectivity index (χ0n) is 11.5. The van der Waals surface area contributed by atoms with Crippen molar-refractivity contribution in [3.05, 3.63) is 52.4 Å². The third-order valence-electron chi connectivity index (χ3n) is 3.34. The molecule has 1 aliphatic rings. The van der Waals surface area contributed by atoms with Crippen LogP contribution in [0.15, 0.2) is 30.5 Å². The largest absolute Gasteiger partial charge is 0.466 e. The highest BCUT2D eigenvalue weighted by Gasteiger charge is 2.24. The Morgan fingerprint density at radius 3 is 3.00 bits per heavy atom. The summed E-state index contributed by atoms with van der Waals surface area (Å²) in [7, 11) is 2.07. The van der Waals surface area contributed by atoms with Crippen LogP contribution >= 0.6 is 11.6 Å². The predicted octanol–water partition coefficient (Wildman–Crippen LogP) is 3.00. The van der Waals surface area contributed by atoms with E-state index in [1.165, 1.54) is 5.56 Å². The molecule has 0 amide bonds. The van der Waals surface area contributed by atoms with Crippen molar-refractivity contribution in [2.75, 3.05) is 13.6 Å². The van der Waals surface area contributed by atoms with Gasteiger partial charge >= 0.3 is 0 Å². The number of rotatable bonds is 1. The predicted molar refractivity (Wildman–Crippen MR) is 77.9 cm³/mol. The second-order valence-electron chi connectivity index (χ2n) is 5.16. The van der Waals surface area contributed by atoms with Gasteiger partial charge in [-0.2, -0.15) is 0 Å². The number of hydrogen-bond donors (Lipinski definition) is 0. The number of ether oxygens (including phenoxy) is 1. The zero-order chi connectivity index (χ0) is 14.1. The van der Waals surface area contributed by atoms with Crippen molar-refractivity contribution < 1.29 is 4.74 Å². The molecule has 0 fully saturated rings. The average Bonchev–Trinajstić information content (AvgIpc) is 2.56. The lowest BCUT2D eigenvalue weighted by Crippen LogP contribution is -2.24. The van der Waals surface area contributed by atoms with Crippen molar-refractivity contribution >= 4 is 11.6 Å². The first-order chi connectivity index (χ1) is 9.61. The molecule has 0 N–H and O–H groups in total. The third kappa shape index (κ3) is 2.76. The molecule has 1 atom stereocenters. The van der Waals surface area contributed by atoms with Gasteiger partial charge in [-0.15, -0.1) is 0 Å². The maximum Gasteiger partial charge on any atom is 0.220 e. The summed E-state index contributed by atoms with van der Waals surface area (Å²) < 4.78 is 6.05. The molecule has 0 aromatic carbocycles. The van der Waals surface area contributed by atoms with Gasteiger partial charge in [0.25, 0.3) is 0 Å². The van der Waals surface area contributed by atoms with Crippen LogP contribution in [0.3, 0.4) is 0 Å². The zero-order valence-corrected chi connectivity index (χ0v) is 12.3. The van der Waals surface area contributed by atoms with Gasteiger partial charge in [-0.25, -0.2) is 4.98 Å². The maximum absolute atomic E-state index is 6.05. The van der Waals surface area contributed by atoms with Crippen molar-refractivity contribution in [1.29, 1.82) is 0 Å². The monoisotopic (exact) mass is 289 g/mol. The highest BCUT2D eigenvalue weighted by Crippen LogP contribution is 2.29. The number of aryl methyl sites for hydroxylation is 1. The lowest BCUT2D eigenvalue weighted by molar-refractivity contribution is 0.156. The number of nitrogens with zero attached hydrogens (tertiary/aromatic N) is 3. The average molecular weight is 290 g/mol. The van der Waals surface area contributed by atoms with E-state index in [-0.39, 0.29) is 6.10 Å². The molecule has 0 spiro atoms. The fourth-order valence-electron chi connectivity index (χ4n) is 2.37. The van der Waals surface area contributed by atoms with E-state index in [0.717, 1.165) is 24.3 Å². The number of pyridine rings is 2. The van der Waals surface area contributed by atoms with E-state index in [1.807, 2.05) is 24.4 Å². The van der Waals surface area contributed by atoms with Crippen molar-refractivity contribution in [1.82, 2.24) is 14.9 Å². The van der Waals surface area contributed by atoms with E-state index in [4.69, 9.17) is 16.3 Å². The summed E-state index contributed by atoms with van der Waals surface area (Å²) in [6.07, 6.45) is 1.68. The minimum atomic E-state index is -0.132. The lowest BCUT2D eigenvalue weighted by atomic mass is 10.1. The molecule has 0 saturated carbocycles. The van der Waals surface area contributed by atoms with Crippen molar-refractivity contribution in [2.24, 2.45) is 0 Å². The Balaban J connectivity index is 1.97. The Bertz CT molecular complexity index is 632. The highest BCUT2D eigenvalue weighted by atomic mass is 35.5. The molecular formula is C15H16ClN3O. The molecule has 3 rings (SSSR count). The maximum atomic E-state index is 6.05. The first-order valence-electron chi connectivity index (χ1n) is 6.55. The summed E-state index contributed by atoms with van der Waals surface area (Å²) in [5.74, 6) is 0.607. The minimum absolute atomic E-state index is 0.132. The summed E-state index contributed by atoms with van der Waals surface area (Å²) in [5, 5.41) is 0.448. The molecule has 0 unspecified atom stereocenters. The fraction of sp³-hybridized carbons (Fsp3) is 0.333. The van der Waals surface area contributed by atoms with Gasteiger partial charge < -0.3 is 4.74 Å². The summed E-state index contributed by atoms with van der Waals surface area (Å²) in [6.45, 7) is 3.61. The van der Waals surface area contributed by atoms with Crippen LogP contribution in [-0.4, -0.2) is 28.5 Å². The highest BCUT2D eigenvalue weighted by molar-refractivity contribution is 6.29. The van der Waals surface area contributed by atoms with Crippen LogP contribution in [0.5, 0.6) is 5.88 Å². The van der Waals surface area contributed by atoms with E-state index in [2.05, 4.69) is 28.8 Å². The molecular weight excluding hydrogens is 274 g/mol. The molecule has 20 heavy (non-hydrogen) atoms. The van der Waals surface area contributed by atoms with Crippen LogP contribution in [0.2, 0.25) is 5.15 Å². The molecule has 3 heterocycles. The number of likely N-dealkylation sites (N-methyl/N-ethyl adjacent to an activating group) is 1. The molecule has 104 valence electrons. The van der Waals surface area contributed by atoms with Gasteiger partial charge in [-0.3, -0.25) is 9.88 Å². The molecule has 0 radical (unpaired) electrons. The Morgan fingerprint density at radius 1 is 1.35 bits per heavy atom. The van der Waals surface area contributed by atoms with E-state index >= 15 is 0 Å². The van der Waals surface area contributed by atoms with Crippen molar-refractivity contribution in [2.45, 2.75) is 19.6 Å². The van der Waals surface area contributed by atoms with Gasteiger partial charge in [0.1, 0.15) is 5.15 Å². The van der Waals surface area contributed by atoms with E-state index in [0.29, 0.717) is 11.0 Å². The van der Waals surface area contributed by atoms with Crippen LogP contribution in [0, 0.1) is 6.92 Å². The summed E-state index contributed by atoms with van der Waals surface area (Å²) in [6, 6.07) is 7.79. The van der Waals surface area contributed by atoms with E-state index in [1.54, 1.807) is 6.07 Å². The van der Waals surface area contributed by atoms with Crippen molar-refractivity contribution in [3.63, 3.8) is 0 Å². The summed E-state index contributed by atoms with van der Waals surface area (Å²) in [5.41, 5.74) is 3.14. The third-order valence-corrected chi connectivity index (χ3v) is 3.55. The van der Waals surface area contributed by atoms with Gasteiger partial charge in [0.05, 0.1) is 5.69 Å². The van der Waals surface area contributed by atoms with Crippen LogP contribution in [0.4, 0.5) is 0 Å². The normalized spacial score (nSPS) is 19.1. The van der Waals surface area contributed by atoms with E-state index < -0.39 is 0 Å². The van der Waals surface area contributed by atoms with Crippen LogP contribution < -0.4 is 4.74 Å². The molecule has 0 aliphatic carbocycles. The van der Waals surface area contributed by atoms with Gasteiger partial charge in [0, 0.05) is 24.8 Å². The molecule has 2 aromatic heterocycles. The second kappa shape index (κ2) is 5.38. The van der Waals surface area contributed by atoms with Crippen molar-refractivity contribution in [3.8, 4) is 5.88 Å². The second-order valence-corrected chi connectivity index (χ2v) is 5.55. The quantitative estimate of drug-likeness (QED) is 0.757. The van der Waals surface area contributed by atoms with Gasteiger partial charge in [-0.05, 0) is 43.8 Å². The first-order valence-corrected chi connectivity index (χ1v) is 6.93.